The van der Waals surface area contributed by atoms with Crippen molar-refractivity contribution in [3.63, 3.8) is 0 Å². The van der Waals surface area contributed by atoms with Crippen molar-refractivity contribution in [1.82, 2.24) is 9.97 Å². The average molecular weight is 263 g/mol. The highest BCUT2D eigenvalue weighted by Crippen LogP contribution is 2.23. The van der Waals surface area contributed by atoms with Gasteiger partial charge in [-0.3, -0.25) is 4.98 Å². The first-order valence-corrected chi connectivity index (χ1v) is 5.84. The minimum atomic E-state index is -0.416. The zero-order chi connectivity index (χ0) is 13.0. The molecule has 2 rings (SSSR count). The third kappa shape index (κ3) is 2.65. The molecule has 0 saturated heterocycles. The Labute approximate surface area is 110 Å². The smallest absolute Gasteiger partial charge is 0.340 e. The third-order valence-electron chi connectivity index (χ3n) is 2.29. The molecule has 0 aliphatic heterocycles. The fourth-order valence-corrected chi connectivity index (χ4v) is 1.68. The van der Waals surface area contributed by atoms with Crippen molar-refractivity contribution in [2.75, 3.05) is 6.61 Å². The van der Waals surface area contributed by atoms with Gasteiger partial charge < -0.3 is 4.74 Å². The standard InChI is InChI=1S/C13H11ClN2O2/c1-2-18-13(17)10-5-6-11(14)16-12(10)9-4-3-7-15-8-9/h3-8H,2H2,1H3. The molecule has 0 saturated carbocycles. The highest BCUT2D eigenvalue weighted by atomic mass is 35.5. The van der Waals surface area contributed by atoms with Crippen LogP contribution in [0.3, 0.4) is 0 Å². The van der Waals surface area contributed by atoms with Gasteiger partial charge in [0.2, 0.25) is 0 Å². The van der Waals surface area contributed by atoms with Gasteiger partial charge in [0.25, 0.3) is 0 Å². The quantitative estimate of drug-likeness (QED) is 0.630. The van der Waals surface area contributed by atoms with Crippen molar-refractivity contribution in [2.24, 2.45) is 0 Å². The summed E-state index contributed by atoms with van der Waals surface area (Å²) in [7, 11) is 0. The van der Waals surface area contributed by atoms with Crippen molar-refractivity contribution < 1.29 is 9.53 Å². The summed E-state index contributed by atoms with van der Waals surface area (Å²) in [6.07, 6.45) is 3.28. The molecule has 0 unspecified atom stereocenters. The number of carbonyl (C=O) groups is 1. The molecule has 0 aliphatic rings. The second kappa shape index (κ2) is 5.60. The highest BCUT2D eigenvalue weighted by molar-refractivity contribution is 6.29. The van der Waals surface area contributed by atoms with Crippen LogP contribution in [0.15, 0.2) is 36.7 Å². The molecule has 2 aromatic rings. The van der Waals surface area contributed by atoms with Crippen molar-refractivity contribution >= 4 is 17.6 Å². The second-order valence-corrected chi connectivity index (χ2v) is 3.88. The first-order chi connectivity index (χ1) is 8.72. The van der Waals surface area contributed by atoms with Crippen LogP contribution in [0.2, 0.25) is 5.15 Å². The van der Waals surface area contributed by atoms with Gasteiger partial charge in [0.1, 0.15) is 5.15 Å². The van der Waals surface area contributed by atoms with Crippen molar-refractivity contribution in [1.29, 1.82) is 0 Å². The first-order valence-electron chi connectivity index (χ1n) is 5.46. The predicted octanol–water partition coefficient (Wildman–Crippen LogP) is 2.97. The summed E-state index contributed by atoms with van der Waals surface area (Å²) in [6.45, 7) is 2.07. The molecule has 0 fully saturated rings. The lowest BCUT2D eigenvalue weighted by molar-refractivity contribution is 0.0527. The lowest BCUT2D eigenvalue weighted by Crippen LogP contribution is -2.07. The van der Waals surface area contributed by atoms with Gasteiger partial charge in [-0.05, 0) is 31.2 Å². The Morgan fingerprint density at radius 2 is 2.22 bits per heavy atom. The number of carbonyl (C=O) groups excluding carboxylic acids is 1. The number of ether oxygens (including phenoxy) is 1. The van der Waals surface area contributed by atoms with E-state index in [2.05, 4.69) is 9.97 Å². The van der Waals surface area contributed by atoms with Gasteiger partial charge in [-0.1, -0.05) is 11.6 Å². The maximum atomic E-state index is 11.8. The minimum Gasteiger partial charge on any atom is -0.462 e. The predicted molar refractivity (Wildman–Crippen MR) is 68.4 cm³/mol. The van der Waals surface area contributed by atoms with Crippen LogP contribution in [0.4, 0.5) is 0 Å². The van der Waals surface area contributed by atoms with E-state index in [0.717, 1.165) is 5.56 Å². The molecule has 0 radical (unpaired) electrons. The molecule has 18 heavy (non-hydrogen) atoms. The summed E-state index contributed by atoms with van der Waals surface area (Å²) in [5.74, 6) is -0.416. The number of hydrogen-bond acceptors (Lipinski definition) is 4. The molecule has 92 valence electrons. The molecule has 0 N–H and O–H groups in total. The normalized spacial score (nSPS) is 10.1. The molecule has 5 heteroatoms. The van der Waals surface area contributed by atoms with Crippen LogP contribution in [0.5, 0.6) is 0 Å². The third-order valence-corrected chi connectivity index (χ3v) is 2.50. The Morgan fingerprint density at radius 3 is 2.89 bits per heavy atom. The highest BCUT2D eigenvalue weighted by Gasteiger charge is 2.15. The number of aromatic nitrogens is 2. The largest absolute Gasteiger partial charge is 0.462 e. The summed E-state index contributed by atoms with van der Waals surface area (Å²) in [4.78, 5) is 20.0. The number of nitrogens with zero attached hydrogens (tertiary/aromatic N) is 2. The van der Waals surface area contributed by atoms with E-state index in [4.69, 9.17) is 16.3 Å². The number of pyridine rings is 2. The van der Waals surface area contributed by atoms with E-state index in [9.17, 15) is 4.79 Å². The maximum absolute atomic E-state index is 11.8. The summed E-state index contributed by atoms with van der Waals surface area (Å²) < 4.78 is 4.99. The zero-order valence-corrected chi connectivity index (χ0v) is 10.5. The molecule has 0 bridgehead atoms. The van der Waals surface area contributed by atoms with E-state index in [1.54, 1.807) is 37.5 Å². The summed E-state index contributed by atoms with van der Waals surface area (Å²) in [6, 6.07) is 6.75. The molecule has 4 nitrogen and oxygen atoms in total. The van der Waals surface area contributed by atoms with Crippen LogP contribution in [0, 0.1) is 0 Å². The van der Waals surface area contributed by atoms with Crippen LogP contribution in [0.25, 0.3) is 11.3 Å². The average Bonchev–Trinajstić information content (AvgIpc) is 2.40. The van der Waals surface area contributed by atoms with Gasteiger partial charge in [-0.25, -0.2) is 9.78 Å². The van der Waals surface area contributed by atoms with E-state index in [1.807, 2.05) is 6.07 Å². The Hall–Kier alpha value is -1.94. The van der Waals surface area contributed by atoms with E-state index in [1.165, 1.54) is 0 Å². The minimum absolute atomic E-state index is 0.313. The molecule has 0 aliphatic carbocycles. The molecular formula is C13H11ClN2O2. The van der Waals surface area contributed by atoms with Gasteiger partial charge in [-0.2, -0.15) is 0 Å². The fourth-order valence-electron chi connectivity index (χ4n) is 1.53. The monoisotopic (exact) mass is 262 g/mol. The number of halogens is 1. The van der Waals surface area contributed by atoms with Gasteiger partial charge >= 0.3 is 5.97 Å². The Balaban J connectivity index is 2.51. The fraction of sp³-hybridized carbons (Fsp3) is 0.154. The molecule has 2 aromatic heterocycles. The molecular weight excluding hydrogens is 252 g/mol. The summed E-state index contributed by atoms with van der Waals surface area (Å²) in [5, 5.41) is 0.321. The van der Waals surface area contributed by atoms with Crippen molar-refractivity contribution in [3.05, 3.63) is 47.4 Å². The lowest BCUT2D eigenvalue weighted by Gasteiger charge is -2.08. The van der Waals surface area contributed by atoms with Crippen LogP contribution in [0.1, 0.15) is 17.3 Å². The van der Waals surface area contributed by atoms with Crippen LogP contribution >= 0.6 is 11.6 Å². The van der Waals surface area contributed by atoms with Crippen LogP contribution in [-0.2, 0) is 4.74 Å². The Bertz CT molecular complexity index is 558. The van der Waals surface area contributed by atoms with Gasteiger partial charge in [0.15, 0.2) is 0 Å². The summed E-state index contributed by atoms with van der Waals surface area (Å²) in [5.41, 5.74) is 1.59. The number of hydrogen-bond donors (Lipinski definition) is 0. The molecule has 0 spiro atoms. The maximum Gasteiger partial charge on any atom is 0.340 e. The van der Waals surface area contributed by atoms with Crippen LogP contribution in [-0.4, -0.2) is 22.5 Å². The molecule has 0 atom stereocenters. The summed E-state index contributed by atoms with van der Waals surface area (Å²) >= 11 is 5.86. The van der Waals surface area contributed by atoms with E-state index in [-0.39, 0.29) is 0 Å². The first kappa shape index (κ1) is 12.5. The van der Waals surface area contributed by atoms with Gasteiger partial charge in [0, 0.05) is 18.0 Å². The van der Waals surface area contributed by atoms with Gasteiger partial charge in [-0.15, -0.1) is 0 Å². The van der Waals surface area contributed by atoms with E-state index < -0.39 is 5.97 Å². The van der Waals surface area contributed by atoms with Crippen molar-refractivity contribution in [2.45, 2.75) is 6.92 Å². The van der Waals surface area contributed by atoms with Crippen molar-refractivity contribution in [3.8, 4) is 11.3 Å². The number of rotatable bonds is 3. The zero-order valence-electron chi connectivity index (χ0n) is 9.76. The van der Waals surface area contributed by atoms with Crippen LogP contribution < -0.4 is 0 Å². The number of esters is 1. The molecule has 0 aromatic carbocycles. The van der Waals surface area contributed by atoms with E-state index >= 15 is 0 Å². The lowest BCUT2D eigenvalue weighted by atomic mass is 10.1. The topological polar surface area (TPSA) is 52.1 Å². The SMILES string of the molecule is CCOC(=O)c1ccc(Cl)nc1-c1cccnc1. The molecule has 2 heterocycles. The Kier molecular flexibility index (Phi) is 3.89. The van der Waals surface area contributed by atoms with E-state index in [0.29, 0.717) is 23.0 Å². The van der Waals surface area contributed by atoms with Gasteiger partial charge in [0.05, 0.1) is 17.9 Å². The Morgan fingerprint density at radius 1 is 1.39 bits per heavy atom. The molecule has 0 amide bonds. The second-order valence-electron chi connectivity index (χ2n) is 3.49.